The molecule has 0 bridgehead atoms. The summed E-state index contributed by atoms with van der Waals surface area (Å²) in [4.78, 5) is 16.1. The topological polar surface area (TPSA) is 72.9 Å². The fourth-order valence-corrected chi connectivity index (χ4v) is 4.27. The molecule has 1 atom stereocenters. The van der Waals surface area contributed by atoms with E-state index in [0.29, 0.717) is 22.0 Å². The molecule has 0 spiro atoms. The van der Waals surface area contributed by atoms with Gasteiger partial charge in [0.15, 0.2) is 5.78 Å². The zero-order valence-corrected chi connectivity index (χ0v) is 16.0. The van der Waals surface area contributed by atoms with E-state index in [1.54, 1.807) is 29.2 Å². The Labute approximate surface area is 166 Å². The van der Waals surface area contributed by atoms with Crippen LogP contribution in [-0.2, 0) is 25.1 Å². The van der Waals surface area contributed by atoms with E-state index in [0.717, 1.165) is 24.1 Å². The second kappa shape index (κ2) is 7.11. The van der Waals surface area contributed by atoms with Crippen LogP contribution in [0.15, 0.2) is 43.1 Å². The van der Waals surface area contributed by atoms with Crippen LogP contribution in [0.25, 0.3) is 0 Å². The number of carbonyl (C=O) groups is 1. The molecule has 4 rings (SSSR count). The molecule has 1 aromatic carbocycles. The Morgan fingerprint density at radius 3 is 2.78 bits per heavy atom. The van der Waals surface area contributed by atoms with Crippen molar-refractivity contribution in [2.75, 3.05) is 0 Å². The molecule has 6 nitrogen and oxygen atoms in total. The Balaban J connectivity index is 1.75. The van der Waals surface area contributed by atoms with Crippen LogP contribution in [0.4, 0.5) is 0 Å². The number of halogens is 2. The number of fused-ring (bicyclic) bond motifs is 1. The largest absolute Gasteiger partial charge is 0.381 e. The number of hydrogen-bond acceptors (Lipinski definition) is 4. The molecule has 0 saturated carbocycles. The summed E-state index contributed by atoms with van der Waals surface area (Å²) in [5.74, 6) is 0.152. The molecule has 0 radical (unpaired) electrons. The summed E-state index contributed by atoms with van der Waals surface area (Å²) in [6.07, 6.45) is 7.01. The summed E-state index contributed by atoms with van der Waals surface area (Å²) in [7, 11) is 0. The minimum Gasteiger partial charge on any atom is -0.381 e. The number of rotatable bonds is 5. The van der Waals surface area contributed by atoms with Crippen molar-refractivity contribution in [2.24, 2.45) is 0 Å². The van der Waals surface area contributed by atoms with Crippen molar-refractivity contribution >= 4 is 29.0 Å². The molecule has 0 saturated heterocycles. The zero-order valence-electron chi connectivity index (χ0n) is 14.5. The highest BCUT2D eigenvalue weighted by atomic mass is 35.5. The molecule has 0 aliphatic heterocycles. The van der Waals surface area contributed by atoms with Crippen molar-refractivity contribution in [3.63, 3.8) is 0 Å². The molecule has 1 N–H and O–H groups in total. The molecule has 0 fully saturated rings. The van der Waals surface area contributed by atoms with E-state index in [4.69, 9.17) is 23.2 Å². The third-order valence-corrected chi connectivity index (χ3v) is 5.50. The second-order valence-corrected chi connectivity index (χ2v) is 7.67. The van der Waals surface area contributed by atoms with Crippen LogP contribution < -0.4 is 0 Å². The third kappa shape index (κ3) is 3.52. The lowest BCUT2D eigenvalue weighted by molar-refractivity contribution is -0.00278. The summed E-state index contributed by atoms with van der Waals surface area (Å²) in [5.41, 5.74) is 0.886. The molecule has 2 aromatic heterocycles. The summed E-state index contributed by atoms with van der Waals surface area (Å²) in [5, 5.41) is 16.6. The van der Waals surface area contributed by atoms with Crippen LogP contribution in [0.3, 0.4) is 0 Å². The van der Waals surface area contributed by atoms with Gasteiger partial charge in [-0.05, 0) is 31.0 Å². The van der Waals surface area contributed by atoms with Gasteiger partial charge in [-0.1, -0.05) is 29.3 Å². The van der Waals surface area contributed by atoms with Crippen LogP contribution in [0.2, 0.25) is 10.0 Å². The smallest absolute Gasteiger partial charge is 0.164 e. The van der Waals surface area contributed by atoms with Gasteiger partial charge in [0.25, 0.3) is 0 Å². The van der Waals surface area contributed by atoms with Crippen LogP contribution >= 0.6 is 23.2 Å². The number of carbonyl (C=O) groups excluding carboxylic acids is 1. The van der Waals surface area contributed by atoms with Crippen molar-refractivity contribution in [1.82, 2.24) is 19.3 Å². The average Bonchev–Trinajstić information content (AvgIpc) is 3.26. The highest BCUT2D eigenvalue weighted by molar-refractivity contribution is 6.35. The quantitative estimate of drug-likeness (QED) is 0.706. The van der Waals surface area contributed by atoms with Crippen molar-refractivity contribution < 1.29 is 9.90 Å². The van der Waals surface area contributed by atoms with Gasteiger partial charge in [0.2, 0.25) is 0 Å². The molecule has 140 valence electrons. The van der Waals surface area contributed by atoms with Gasteiger partial charge in [0.05, 0.1) is 13.1 Å². The Kier molecular flexibility index (Phi) is 4.80. The van der Waals surface area contributed by atoms with Gasteiger partial charge >= 0.3 is 0 Å². The maximum Gasteiger partial charge on any atom is 0.164 e. The van der Waals surface area contributed by atoms with Gasteiger partial charge in [-0.3, -0.25) is 4.79 Å². The van der Waals surface area contributed by atoms with Crippen molar-refractivity contribution in [2.45, 2.75) is 38.0 Å². The molecular weight excluding hydrogens is 387 g/mol. The molecule has 8 heteroatoms. The van der Waals surface area contributed by atoms with Crippen LogP contribution in [-0.4, -0.2) is 30.2 Å². The van der Waals surface area contributed by atoms with E-state index in [9.17, 15) is 9.90 Å². The first kappa shape index (κ1) is 18.2. The molecule has 1 aliphatic rings. The zero-order chi connectivity index (χ0) is 19.0. The minimum atomic E-state index is -1.36. The average molecular weight is 405 g/mol. The monoisotopic (exact) mass is 404 g/mol. The summed E-state index contributed by atoms with van der Waals surface area (Å²) in [6.45, 7) is 0.395. The van der Waals surface area contributed by atoms with E-state index in [-0.39, 0.29) is 18.9 Å². The number of aliphatic hydroxyl groups is 1. The molecule has 3 aromatic rings. The summed E-state index contributed by atoms with van der Waals surface area (Å²) >= 11 is 12.4. The molecule has 0 amide bonds. The van der Waals surface area contributed by atoms with Crippen molar-refractivity contribution in [3.05, 3.63) is 70.0 Å². The lowest BCUT2D eigenvalue weighted by Gasteiger charge is -2.31. The van der Waals surface area contributed by atoms with Gasteiger partial charge in [0.1, 0.15) is 18.3 Å². The lowest BCUT2D eigenvalue weighted by Crippen LogP contribution is -2.37. The van der Waals surface area contributed by atoms with Gasteiger partial charge in [0, 0.05) is 39.5 Å². The fourth-order valence-electron chi connectivity index (χ4n) is 3.69. The highest BCUT2D eigenvalue weighted by Crippen LogP contribution is 2.34. The first-order valence-corrected chi connectivity index (χ1v) is 9.43. The van der Waals surface area contributed by atoms with Gasteiger partial charge in [-0.15, -0.1) is 0 Å². The maximum atomic E-state index is 12.1. The van der Waals surface area contributed by atoms with Crippen molar-refractivity contribution in [1.29, 1.82) is 0 Å². The second-order valence-electron chi connectivity index (χ2n) is 6.83. The first-order chi connectivity index (χ1) is 13.0. The lowest BCUT2D eigenvalue weighted by atomic mass is 9.92. The Hall–Kier alpha value is -2.15. The van der Waals surface area contributed by atoms with Gasteiger partial charge in [-0.2, -0.15) is 5.10 Å². The normalized spacial score (nSPS) is 16.2. The first-order valence-electron chi connectivity index (χ1n) is 8.68. The van der Waals surface area contributed by atoms with Gasteiger partial charge in [-0.25, -0.2) is 9.67 Å². The standard InChI is InChI=1S/C19H18Cl2N4O2/c20-13-4-5-15(16(21)8-13)19(27,10-25-12-22-11-23-25)9-24-7-6-14-17(24)2-1-3-18(14)26/h4-8,11-12,27H,1-3,9-10H2/t19-/m1/s1. The van der Waals surface area contributed by atoms with Crippen LogP contribution in [0.5, 0.6) is 0 Å². The van der Waals surface area contributed by atoms with E-state index in [1.165, 1.54) is 6.33 Å². The summed E-state index contributed by atoms with van der Waals surface area (Å²) < 4.78 is 3.50. The van der Waals surface area contributed by atoms with Gasteiger partial charge < -0.3 is 9.67 Å². The molecule has 27 heavy (non-hydrogen) atoms. The number of nitrogens with zero attached hydrogens (tertiary/aromatic N) is 4. The number of ketones is 1. The Morgan fingerprint density at radius 2 is 2.04 bits per heavy atom. The van der Waals surface area contributed by atoms with E-state index >= 15 is 0 Å². The predicted molar refractivity (Wildman–Crippen MR) is 102 cm³/mol. The number of benzene rings is 1. The fraction of sp³-hybridized carbons (Fsp3) is 0.316. The third-order valence-electron chi connectivity index (χ3n) is 4.95. The Morgan fingerprint density at radius 1 is 1.19 bits per heavy atom. The number of Topliss-reactive ketones (excluding diaryl/α,β-unsaturated/α-hetero) is 1. The van der Waals surface area contributed by atoms with Crippen LogP contribution in [0.1, 0.15) is 34.5 Å². The minimum absolute atomic E-state index is 0.152. The number of aromatic nitrogens is 4. The highest BCUT2D eigenvalue weighted by Gasteiger charge is 2.35. The molecule has 2 heterocycles. The van der Waals surface area contributed by atoms with E-state index in [1.807, 2.05) is 16.8 Å². The van der Waals surface area contributed by atoms with Crippen molar-refractivity contribution in [3.8, 4) is 0 Å². The SMILES string of the molecule is O=C1CCCc2c1ccn2C[C@@](O)(Cn1cncn1)c1ccc(Cl)cc1Cl. The molecular formula is C19H18Cl2N4O2. The molecule has 0 unspecified atom stereocenters. The van der Waals surface area contributed by atoms with Crippen LogP contribution in [0, 0.1) is 0 Å². The van der Waals surface area contributed by atoms with E-state index < -0.39 is 5.60 Å². The predicted octanol–water partition coefficient (Wildman–Crippen LogP) is 3.49. The van der Waals surface area contributed by atoms with E-state index in [2.05, 4.69) is 10.1 Å². The summed E-state index contributed by atoms with van der Waals surface area (Å²) in [6, 6.07) is 6.86. The Bertz CT molecular complexity index is 984. The maximum absolute atomic E-state index is 12.1. The molecule has 1 aliphatic carbocycles. The number of hydrogen-bond donors (Lipinski definition) is 1.